The number of aromatic nitrogens is 1. The molecule has 23 heavy (non-hydrogen) atoms. The molecule has 1 aliphatic carbocycles. The third-order valence-electron chi connectivity index (χ3n) is 4.56. The molecule has 1 N–H and O–H groups in total. The van der Waals surface area contributed by atoms with Crippen molar-refractivity contribution in [2.75, 3.05) is 26.2 Å². The van der Waals surface area contributed by atoms with Crippen LogP contribution in [0.5, 0.6) is 0 Å². The Kier molecular flexibility index (Phi) is 4.82. The van der Waals surface area contributed by atoms with Crippen molar-refractivity contribution in [2.24, 2.45) is 0 Å². The van der Waals surface area contributed by atoms with Crippen molar-refractivity contribution in [2.45, 2.75) is 32.1 Å². The van der Waals surface area contributed by atoms with Gasteiger partial charge in [0.2, 0.25) is 5.91 Å². The predicted molar refractivity (Wildman–Crippen MR) is 91.5 cm³/mol. The minimum absolute atomic E-state index is 0.0793. The molecule has 0 radical (unpaired) electrons. The fourth-order valence-corrected chi connectivity index (χ4v) is 3.47. The first kappa shape index (κ1) is 16.2. The molecule has 0 aromatic carbocycles. The van der Waals surface area contributed by atoms with E-state index in [2.05, 4.69) is 29.2 Å². The minimum Gasteiger partial charge on any atom is -0.355 e. The first-order valence-electron chi connectivity index (χ1n) is 8.21. The molecule has 2 heterocycles. The molecule has 6 heteroatoms. The topological polar surface area (TPSA) is 58.4 Å². The van der Waals surface area contributed by atoms with Crippen molar-refractivity contribution in [1.82, 2.24) is 15.4 Å². The highest BCUT2D eigenvalue weighted by molar-refractivity contribution is 7.13. The Morgan fingerprint density at radius 3 is 2.83 bits per heavy atom. The Hall–Kier alpha value is -1.66. The van der Waals surface area contributed by atoms with Gasteiger partial charge >= 0.3 is 0 Å². The molecule has 0 atom stereocenters. The maximum atomic E-state index is 12.6. The van der Waals surface area contributed by atoms with Gasteiger partial charge in [0.25, 0.3) is 0 Å². The average Bonchev–Trinajstić information content (AvgIpc) is 3.01. The Bertz CT molecular complexity index is 643. The molecular weight excluding hydrogens is 310 g/mol. The summed E-state index contributed by atoms with van der Waals surface area (Å²) in [6, 6.07) is 5.90. The molecule has 1 amide bonds. The summed E-state index contributed by atoms with van der Waals surface area (Å²) in [7, 11) is 0. The molecule has 3 rings (SSSR count). The second kappa shape index (κ2) is 6.84. The highest BCUT2D eigenvalue weighted by atomic mass is 32.1. The van der Waals surface area contributed by atoms with E-state index >= 15 is 0 Å². The third kappa shape index (κ3) is 3.33. The molecule has 0 spiro atoms. The van der Waals surface area contributed by atoms with Gasteiger partial charge in [-0.1, -0.05) is 25.1 Å². The Labute approximate surface area is 140 Å². The largest absolute Gasteiger partial charge is 0.355 e. The zero-order valence-corrected chi connectivity index (χ0v) is 14.5. The summed E-state index contributed by atoms with van der Waals surface area (Å²) in [6.45, 7) is 7.84. The molecule has 0 saturated heterocycles. The van der Waals surface area contributed by atoms with Gasteiger partial charge in [-0.25, -0.2) is 0 Å². The van der Waals surface area contributed by atoms with Gasteiger partial charge in [0.05, 0.1) is 16.0 Å². The van der Waals surface area contributed by atoms with Gasteiger partial charge in [0, 0.05) is 19.2 Å². The number of likely N-dealkylation sites (N-methyl/N-ethyl adjacent to an activating group) is 1. The van der Waals surface area contributed by atoms with Crippen LogP contribution in [0, 0.1) is 0 Å². The number of rotatable bonds is 8. The summed E-state index contributed by atoms with van der Waals surface area (Å²) in [6.07, 6.45) is 1.70. The molecular formula is C17H23N3O2S. The molecule has 2 aromatic heterocycles. The predicted octanol–water partition coefficient (Wildman–Crippen LogP) is 2.89. The second-order valence-corrected chi connectivity index (χ2v) is 6.87. The lowest BCUT2D eigenvalue weighted by atomic mass is 10.0. The smallest absolute Gasteiger partial charge is 0.232 e. The number of amides is 1. The summed E-state index contributed by atoms with van der Waals surface area (Å²) in [4.78, 5) is 15.9. The van der Waals surface area contributed by atoms with E-state index in [-0.39, 0.29) is 5.91 Å². The lowest BCUT2D eigenvalue weighted by Crippen LogP contribution is -2.40. The Morgan fingerprint density at radius 1 is 1.43 bits per heavy atom. The van der Waals surface area contributed by atoms with Gasteiger partial charge in [0.15, 0.2) is 5.76 Å². The maximum Gasteiger partial charge on any atom is 0.232 e. The molecule has 124 valence electrons. The molecule has 0 bridgehead atoms. The van der Waals surface area contributed by atoms with Crippen molar-refractivity contribution in [3.63, 3.8) is 0 Å². The lowest BCUT2D eigenvalue weighted by molar-refractivity contribution is -0.123. The van der Waals surface area contributed by atoms with Crippen LogP contribution in [0.3, 0.4) is 0 Å². The number of nitrogens with zero attached hydrogens (tertiary/aromatic N) is 2. The van der Waals surface area contributed by atoms with Crippen molar-refractivity contribution >= 4 is 17.2 Å². The SMILES string of the molecule is CCN(CC)CCNC(=O)C1(c2cc(-c3cccs3)on2)CC1. The van der Waals surface area contributed by atoms with Crippen molar-refractivity contribution in [3.8, 4) is 10.6 Å². The molecule has 2 aromatic rings. The molecule has 1 aliphatic rings. The molecule has 0 aliphatic heterocycles. The molecule has 1 fully saturated rings. The normalized spacial score (nSPS) is 15.8. The number of nitrogens with one attached hydrogen (secondary N) is 1. The van der Waals surface area contributed by atoms with Crippen molar-refractivity contribution in [3.05, 3.63) is 29.3 Å². The summed E-state index contributed by atoms with van der Waals surface area (Å²) < 4.78 is 5.44. The van der Waals surface area contributed by atoms with Crippen LogP contribution in [-0.2, 0) is 10.2 Å². The van der Waals surface area contributed by atoms with E-state index in [9.17, 15) is 4.79 Å². The number of carbonyl (C=O) groups excluding carboxylic acids is 1. The van der Waals surface area contributed by atoms with Gasteiger partial charge in [-0.15, -0.1) is 11.3 Å². The van der Waals surface area contributed by atoms with E-state index < -0.39 is 5.41 Å². The molecule has 0 unspecified atom stereocenters. The lowest BCUT2D eigenvalue weighted by Gasteiger charge is -2.19. The van der Waals surface area contributed by atoms with Gasteiger partial charge < -0.3 is 14.7 Å². The van der Waals surface area contributed by atoms with E-state index in [0.29, 0.717) is 6.54 Å². The maximum absolute atomic E-state index is 12.6. The van der Waals surface area contributed by atoms with Crippen molar-refractivity contribution < 1.29 is 9.32 Å². The van der Waals surface area contributed by atoms with Crippen LogP contribution < -0.4 is 5.32 Å². The number of carbonyl (C=O) groups is 1. The average molecular weight is 333 g/mol. The number of hydrogen-bond acceptors (Lipinski definition) is 5. The van der Waals surface area contributed by atoms with Crippen LogP contribution in [0.4, 0.5) is 0 Å². The minimum atomic E-state index is -0.470. The highest BCUT2D eigenvalue weighted by Crippen LogP contribution is 2.48. The van der Waals surface area contributed by atoms with Gasteiger partial charge in [0.1, 0.15) is 0 Å². The van der Waals surface area contributed by atoms with E-state index in [4.69, 9.17) is 4.52 Å². The van der Waals surface area contributed by atoms with Crippen LogP contribution >= 0.6 is 11.3 Å². The van der Waals surface area contributed by atoms with Crippen LogP contribution in [0.2, 0.25) is 0 Å². The highest BCUT2D eigenvalue weighted by Gasteiger charge is 2.53. The van der Waals surface area contributed by atoms with E-state index in [0.717, 1.165) is 48.8 Å². The zero-order valence-electron chi connectivity index (χ0n) is 13.7. The zero-order chi connectivity index (χ0) is 16.3. The first-order valence-corrected chi connectivity index (χ1v) is 9.09. The number of thiophene rings is 1. The Balaban J connectivity index is 1.62. The van der Waals surface area contributed by atoms with E-state index in [1.807, 2.05) is 23.6 Å². The van der Waals surface area contributed by atoms with Crippen molar-refractivity contribution in [1.29, 1.82) is 0 Å². The third-order valence-corrected chi connectivity index (χ3v) is 5.44. The summed E-state index contributed by atoms with van der Waals surface area (Å²) in [5.74, 6) is 0.827. The standard InChI is InChI=1S/C17H23N3O2S/c1-3-20(4-2)10-9-18-16(21)17(7-8-17)15-12-13(22-19-15)14-6-5-11-23-14/h5-6,11-12H,3-4,7-10H2,1-2H3,(H,18,21). The monoisotopic (exact) mass is 333 g/mol. The van der Waals surface area contributed by atoms with Gasteiger partial charge in [-0.2, -0.15) is 0 Å². The second-order valence-electron chi connectivity index (χ2n) is 5.92. The van der Waals surface area contributed by atoms with Crippen LogP contribution in [0.15, 0.2) is 28.1 Å². The van der Waals surface area contributed by atoms with Crippen LogP contribution in [-0.4, -0.2) is 42.1 Å². The summed E-state index contributed by atoms with van der Waals surface area (Å²) in [5, 5.41) is 9.24. The molecule has 1 saturated carbocycles. The summed E-state index contributed by atoms with van der Waals surface area (Å²) in [5.41, 5.74) is 0.295. The van der Waals surface area contributed by atoms with Gasteiger partial charge in [-0.3, -0.25) is 4.79 Å². The fraction of sp³-hybridized carbons (Fsp3) is 0.529. The first-order chi connectivity index (χ1) is 11.2. The quantitative estimate of drug-likeness (QED) is 0.807. The Morgan fingerprint density at radius 2 is 2.22 bits per heavy atom. The molecule has 5 nitrogen and oxygen atoms in total. The van der Waals surface area contributed by atoms with Gasteiger partial charge in [-0.05, 0) is 37.4 Å². The van der Waals surface area contributed by atoms with E-state index in [1.54, 1.807) is 11.3 Å². The van der Waals surface area contributed by atoms with Crippen LogP contribution in [0.1, 0.15) is 32.4 Å². The fourth-order valence-electron chi connectivity index (χ4n) is 2.80. The van der Waals surface area contributed by atoms with E-state index in [1.165, 1.54) is 0 Å². The number of hydrogen-bond donors (Lipinski definition) is 1. The summed E-state index contributed by atoms with van der Waals surface area (Å²) >= 11 is 1.61. The van der Waals surface area contributed by atoms with Crippen LogP contribution in [0.25, 0.3) is 10.6 Å².